The molecule has 0 radical (unpaired) electrons. The van der Waals surface area contributed by atoms with E-state index in [9.17, 15) is 4.79 Å². The molecule has 1 atom stereocenters. The van der Waals surface area contributed by atoms with Crippen molar-refractivity contribution in [2.75, 3.05) is 20.3 Å². The Kier molecular flexibility index (Phi) is 3.27. The third-order valence-electron chi connectivity index (χ3n) is 2.51. The molecule has 1 aliphatic rings. The molecule has 0 heterocycles. The van der Waals surface area contributed by atoms with Gasteiger partial charge in [-0.15, -0.1) is 0 Å². The van der Waals surface area contributed by atoms with Crippen LogP contribution in [0, 0.1) is 5.92 Å². The number of hydrogen-bond acceptors (Lipinski definition) is 3. The van der Waals surface area contributed by atoms with Crippen molar-refractivity contribution in [3.05, 3.63) is 0 Å². The SMILES string of the molecule is COCCNC(=O)C(C)(N)C1CC1. The van der Waals surface area contributed by atoms with Crippen molar-refractivity contribution >= 4 is 5.91 Å². The van der Waals surface area contributed by atoms with Crippen LogP contribution in [0.15, 0.2) is 0 Å². The average molecular weight is 186 g/mol. The minimum atomic E-state index is -0.687. The molecule has 0 aromatic heterocycles. The highest BCUT2D eigenvalue weighted by molar-refractivity contribution is 5.86. The van der Waals surface area contributed by atoms with Crippen LogP contribution in [0.3, 0.4) is 0 Å². The normalized spacial score (nSPS) is 20.8. The molecule has 0 spiro atoms. The Morgan fingerprint density at radius 1 is 1.69 bits per heavy atom. The highest BCUT2D eigenvalue weighted by Crippen LogP contribution is 2.37. The number of nitrogens with two attached hydrogens (primary N) is 1. The lowest BCUT2D eigenvalue weighted by molar-refractivity contribution is -0.126. The summed E-state index contributed by atoms with van der Waals surface area (Å²) in [7, 11) is 1.61. The second-order valence-electron chi connectivity index (χ2n) is 3.81. The fourth-order valence-corrected chi connectivity index (χ4v) is 1.33. The van der Waals surface area contributed by atoms with Crippen molar-refractivity contribution in [2.45, 2.75) is 25.3 Å². The average Bonchev–Trinajstić information content (AvgIpc) is 2.86. The standard InChI is InChI=1S/C9H18N2O2/c1-9(10,7-3-4-7)8(12)11-5-6-13-2/h7H,3-6,10H2,1-2H3,(H,11,12). The number of rotatable bonds is 5. The van der Waals surface area contributed by atoms with Crippen LogP contribution in [0.1, 0.15) is 19.8 Å². The van der Waals surface area contributed by atoms with Crippen molar-refractivity contribution in [3.8, 4) is 0 Å². The summed E-state index contributed by atoms with van der Waals surface area (Å²) in [6.45, 7) is 2.87. The molecular formula is C9H18N2O2. The van der Waals surface area contributed by atoms with Crippen LogP contribution in [0.5, 0.6) is 0 Å². The topological polar surface area (TPSA) is 64.3 Å². The second-order valence-corrected chi connectivity index (χ2v) is 3.81. The lowest BCUT2D eigenvalue weighted by atomic mass is 9.96. The predicted molar refractivity (Wildman–Crippen MR) is 50.2 cm³/mol. The van der Waals surface area contributed by atoms with Gasteiger partial charge in [0.25, 0.3) is 0 Å². The number of hydrogen-bond donors (Lipinski definition) is 2. The van der Waals surface area contributed by atoms with Crippen molar-refractivity contribution in [2.24, 2.45) is 11.7 Å². The molecular weight excluding hydrogens is 168 g/mol. The molecule has 0 aromatic carbocycles. The van der Waals surface area contributed by atoms with E-state index in [2.05, 4.69) is 5.32 Å². The molecule has 1 saturated carbocycles. The zero-order valence-corrected chi connectivity index (χ0v) is 8.30. The van der Waals surface area contributed by atoms with Crippen LogP contribution in [-0.2, 0) is 9.53 Å². The Morgan fingerprint density at radius 2 is 2.31 bits per heavy atom. The van der Waals surface area contributed by atoms with Crippen LogP contribution in [0.25, 0.3) is 0 Å². The zero-order valence-electron chi connectivity index (χ0n) is 8.30. The van der Waals surface area contributed by atoms with Crippen LogP contribution >= 0.6 is 0 Å². The second kappa shape index (κ2) is 4.07. The molecule has 0 saturated heterocycles. The Hall–Kier alpha value is -0.610. The van der Waals surface area contributed by atoms with Gasteiger partial charge in [0.1, 0.15) is 0 Å². The number of nitrogens with one attached hydrogen (secondary N) is 1. The van der Waals surface area contributed by atoms with E-state index >= 15 is 0 Å². The van der Waals surface area contributed by atoms with Crippen LogP contribution in [0.2, 0.25) is 0 Å². The van der Waals surface area contributed by atoms with Gasteiger partial charge < -0.3 is 15.8 Å². The molecule has 0 aliphatic heterocycles. The number of amides is 1. The summed E-state index contributed by atoms with van der Waals surface area (Å²) in [4.78, 5) is 11.5. The van der Waals surface area contributed by atoms with Gasteiger partial charge in [0.15, 0.2) is 0 Å². The maximum atomic E-state index is 11.5. The Bertz CT molecular complexity index is 188. The first-order chi connectivity index (χ1) is 6.09. The molecule has 4 heteroatoms. The first-order valence-electron chi connectivity index (χ1n) is 4.65. The summed E-state index contributed by atoms with van der Waals surface area (Å²) >= 11 is 0. The van der Waals surface area contributed by atoms with E-state index in [1.807, 2.05) is 0 Å². The van der Waals surface area contributed by atoms with E-state index in [1.165, 1.54) is 0 Å². The molecule has 4 nitrogen and oxygen atoms in total. The van der Waals surface area contributed by atoms with E-state index in [1.54, 1.807) is 14.0 Å². The fraction of sp³-hybridized carbons (Fsp3) is 0.889. The van der Waals surface area contributed by atoms with Gasteiger partial charge in [-0.2, -0.15) is 0 Å². The molecule has 1 aliphatic carbocycles. The van der Waals surface area contributed by atoms with Gasteiger partial charge in [-0.3, -0.25) is 4.79 Å². The number of carbonyl (C=O) groups is 1. The fourth-order valence-electron chi connectivity index (χ4n) is 1.33. The van der Waals surface area contributed by atoms with Gasteiger partial charge in [-0.05, 0) is 25.7 Å². The van der Waals surface area contributed by atoms with Crippen LogP contribution < -0.4 is 11.1 Å². The number of carbonyl (C=O) groups excluding carboxylic acids is 1. The van der Waals surface area contributed by atoms with E-state index in [4.69, 9.17) is 10.5 Å². The summed E-state index contributed by atoms with van der Waals surface area (Å²) in [5.74, 6) is 0.307. The van der Waals surface area contributed by atoms with E-state index < -0.39 is 5.54 Å². The number of methoxy groups -OCH3 is 1. The molecule has 0 bridgehead atoms. The Morgan fingerprint density at radius 3 is 2.77 bits per heavy atom. The minimum absolute atomic E-state index is 0.0629. The monoisotopic (exact) mass is 186 g/mol. The minimum Gasteiger partial charge on any atom is -0.383 e. The summed E-state index contributed by atoms with van der Waals surface area (Å²) < 4.78 is 4.83. The third-order valence-corrected chi connectivity index (χ3v) is 2.51. The summed E-state index contributed by atoms with van der Waals surface area (Å²) in [5.41, 5.74) is 5.21. The molecule has 3 N–H and O–H groups in total. The first kappa shape index (κ1) is 10.5. The van der Waals surface area contributed by atoms with Gasteiger partial charge in [0, 0.05) is 13.7 Å². The summed E-state index contributed by atoms with van der Waals surface area (Å²) in [5, 5.41) is 2.76. The lowest BCUT2D eigenvalue weighted by Crippen LogP contribution is -2.53. The maximum Gasteiger partial charge on any atom is 0.240 e. The first-order valence-corrected chi connectivity index (χ1v) is 4.65. The van der Waals surface area contributed by atoms with Gasteiger partial charge >= 0.3 is 0 Å². The molecule has 0 aromatic rings. The molecule has 13 heavy (non-hydrogen) atoms. The molecule has 1 amide bonds. The number of ether oxygens (including phenoxy) is 1. The largest absolute Gasteiger partial charge is 0.383 e. The highest BCUT2D eigenvalue weighted by atomic mass is 16.5. The maximum absolute atomic E-state index is 11.5. The van der Waals surface area contributed by atoms with Gasteiger partial charge in [0.2, 0.25) is 5.91 Å². The van der Waals surface area contributed by atoms with E-state index in [0.717, 1.165) is 12.8 Å². The van der Waals surface area contributed by atoms with E-state index in [0.29, 0.717) is 19.1 Å². The zero-order chi connectivity index (χ0) is 9.90. The third kappa shape index (κ3) is 2.67. The van der Waals surface area contributed by atoms with Crippen molar-refractivity contribution in [1.29, 1.82) is 0 Å². The quantitative estimate of drug-likeness (QED) is 0.588. The predicted octanol–water partition coefficient (Wildman–Crippen LogP) is -0.124. The van der Waals surface area contributed by atoms with Gasteiger partial charge in [0.05, 0.1) is 12.1 Å². The molecule has 1 rings (SSSR count). The van der Waals surface area contributed by atoms with Crippen molar-refractivity contribution in [1.82, 2.24) is 5.32 Å². The highest BCUT2D eigenvalue weighted by Gasteiger charge is 2.43. The smallest absolute Gasteiger partial charge is 0.240 e. The molecule has 76 valence electrons. The lowest BCUT2D eigenvalue weighted by Gasteiger charge is -2.22. The Balaban J connectivity index is 2.28. The van der Waals surface area contributed by atoms with Crippen molar-refractivity contribution in [3.63, 3.8) is 0 Å². The Labute approximate surface area is 78.8 Å². The molecule has 1 unspecified atom stereocenters. The van der Waals surface area contributed by atoms with Gasteiger partial charge in [-0.1, -0.05) is 0 Å². The molecule has 1 fully saturated rings. The van der Waals surface area contributed by atoms with Gasteiger partial charge in [-0.25, -0.2) is 0 Å². The van der Waals surface area contributed by atoms with Crippen molar-refractivity contribution < 1.29 is 9.53 Å². The van der Waals surface area contributed by atoms with Crippen LogP contribution in [0.4, 0.5) is 0 Å². The summed E-state index contributed by atoms with van der Waals surface area (Å²) in [6.07, 6.45) is 2.15. The van der Waals surface area contributed by atoms with Crippen LogP contribution in [-0.4, -0.2) is 31.7 Å². The van der Waals surface area contributed by atoms with E-state index in [-0.39, 0.29) is 5.91 Å². The summed E-state index contributed by atoms with van der Waals surface area (Å²) in [6, 6.07) is 0.